The normalized spacial score (nSPS) is 10.6. The van der Waals surface area contributed by atoms with E-state index in [9.17, 15) is 4.39 Å². The van der Waals surface area contributed by atoms with E-state index in [-0.39, 0.29) is 5.82 Å². The summed E-state index contributed by atoms with van der Waals surface area (Å²) in [5, 5.41) is 22.2. The number of nitriles is 1. The highest BCUT2D eigenvalue weighted by molar-refractivity contribution is 7.98. The Morgan fingerprint density at radius 1 is 1.17 bits per heavy atom. The average Bonchev–Trinajstić information content (AvgIpc) is 2.92. The lowest BCUT2D eigenvalue weighted by Crippen LogP contribution is -2.03. The number of thioether (sulfide) groups is 1. The SMILES string of the molecule is Cc1cc(C)n(-c2ccc(SCc3ccc(C#N)cc3F)nn2)n1. The van der Waals surface area contributed by atoms with E-state index in [2.05, 4.69) is 15.3 Å². The van der Waals surface area contributed by atoms with E-state index in [1.807, 2.05) is 38.1 Å². The molecule has 0 unspecified atom stereocenters. The zero-order chi connectivity index (χ0) is 17.1. The van der Waals surface area contributed by atoms with Gasteiger partial charge in [0.2, 0.25) is 0 Å². The van der Waals surface area contributed by atoms with Gasteiger partial charge in [-0.15, -0.1) is 10.2 Å². The number of aryl methyl sites for hydroxylation is 2. The van der Waals surface area contributed by atoms with Gasteiger partial charge in [0, 0.05) is 11.4 Å². The van der Waals surface area contributed by atoms with Gasteiger partial charge < -0.3 is 0 Å². The van der Waals surface area contributed by atoms with Crippen molar-refractivity contribution in [2.45, 2.75) is 24.6 Å². The lowest BCUT2D eigenvalue weighted by Gasteiger charge is -2.05. The first-order chi connectivity index (χ1) is 11.6. The van der Waals surface area contributed by atoms with E-state index in [1.54, 1.807) is 16.8 Å². The van der Waals surface area contributed by atoms with E-state index in [4.69, 9.17) is 5.26 Å². The van der Waals surface area contributed by atoms with Crippen molar-refractivity contribution in [3.63, 3.8) is 0 Å². The molecule has 0 saturated heterocycles. The van der Waals surface area contributed by atoms with Gasteiger partial charge in [0.1, 0.15) is 10.8 Å². The Labute approximate surface area is 143 Å². The molecule has 2 aromatic heterocycles. The number of hydrogen-bond acceptors (Lipinski definition) is 5. The fraction of sp³-hybridized carbons (Fsp3) is 0.176. The Bertz CT molecular complexity index is 912. The smallest absolute Gasteiger partial charge is 0.175 e. The molecule has 7 heteroatoms. The standard InChI is InChI=1S/C17H14FN5S/c1-11-7-12(2)23(22-11)16-5-6-17(21-20-16)24-10-14-4-3-13(9-19)8-15(14)18/h3-8H,10H2,1-2H3. The molecule has 0 atom stereocenters. The maximum Gasteiger partial charge on any atom is 0.175 e. The first kappa shape index (κ1) is 16.1. The first-order valence-electron chi connectivity index (χ1n) is 7.25. The van der Waals surface area contributed by atoms with Crippen LogP contribution in [-0.2, 0) is 5.75 Å². The average molecular weight is 339 g/mol. The number of benzene rings is 1. The Morgan fingerprint density at radius 2 is 2.00 bits per heavy atom. The molecule has 0 amide bonds. The third-order valence-electron chi connectivity index (χ3n) is 3.41. The summed E-state index contributed by atoms with van der Waals surface area (Å²) in [4.78, 5) is 0. The molecule has 5 nitrogen and oxygen atoms in total. The van der Waals surface area contributed by atoms with Crippen LogP contribution in [0.1, 0.15) is 22.5 Å². The molecule has 0 aliphatic heterocycles. The Kier molecular flexibility index (Phi) is 4.58. The molecule has 0 fully saturated rings. The van der Waals surface area contributed by atoms with Gasteiger partial charge in [0.15, 0.2) is 5.82 Å². The minimum Gasteiger partial charge on any atom is -0.218 e. The summed E-state index contributed by atoms with van der Waals surface area (Å²) < 4.78 is 15.6. The van der Waals surface area contributed by atoms with Crippen molar-refractivity contribution in [2.75, 3.05) is 0 Å². The molecule has 24 heavy (non-hydrogen) atoms. The highest BCUT2D eigenvalue weighted by Gasteiger charge is 2.08. The van der Waals surface area contributed by atoms with Gasteiger partial charge in [-0.1, -0.05) is 17.8 Å². The number of nitrogens with zero attached hydrogens (tertiary/aromatic N) is 5. The molecule has 2 heterocycles. The molecule has 0 radical (unpaired) electrons. The van der Waals surface area contributed by atoms with Crippen molar-refractivity contribution in [1.29, 1.82) is 5.26 Å². The van der Waals surface area contributed by atoms with E-state index in [1.165, 1.54) is 17.8 Å². The van der Waals surface area contributed by atoms with Gasteiger partial charge in [-0.2, -0.15) is 10.4 Å². The molecule has 0 N–H and O–H groups in total. The summed E-state index contributed by atoms with van der Waals surface area (Å²) in [7, 11) is 0. The van der Waals surface area contributed by atoms with Crippen molar-refractivity contribution in [3.8, 4) is 11.9 Å². The Balaban J connectivity index is 1.71. The van der Waals surface area contributed by atoms with Crippen molar-refractivity contribution < 1.29 is 4.39 Å². The maximum absolute atomic E-state index is 13.9. The number of halogens is 1. The zero-order valence-corrected chi connectivity index (χ0v) is 14.0. The third kappa shape index (κ3) is 3.44. The van der Waals surface area contributed by atoms with Crippen LogP contribution in [0.3, 0.4) is 0 Å². The molecule has 1 aromatic carbocycles. The topological polar surface area (TPSA) is 67.4 Å². The molecule has 0 aliphatic rings. The maximum atomic E-state index is 13.9. The van der Waals surface area contributed by atoms with Crippen LogP contribution in [0, 0.1) is 31.0 Å². The van der Waals surface area contributed by atoms with Crippen molar-refractivity contribution in [2.24, 2.45) is 0 Å². The predicted molar refractivity (Wildman–Crippen MR) is 89.3 cm³/mol. The van der Waals surface area contributed by atoms with Crippen molar-refractivity contribution in [1.82, 2.24) is 20.0 Å². The van der Waals surface area contributed by atoms with Gasteiger partial charge in [-0.3, -0.25) is 0 Å². The fourth-order valence-electron chi connectivity index (χ4n) is 2.25. The summed E-state index contributed by atoms with van der Waals surface area (Å²) in [5.41, 5.74) is 2.75. The van der Waals surface area contributed by atoms with Crippen LogP contribution in [-0.4, -0.2) is 20.0 Å². The fourth-order valence-corrected chi connectivity index (χ4v) is 3.05. The lowest BCUT2D eigenvalue weighted by molar-refractivity contribution is 0.617. The zero-order valence-electron chi connectivity index (χ0n) is 13.2. The van der Waals surface area contributed by atoms with Gasteiger partial charge in [0.25, 0.3) is 0 Å². The van der Waals surface area contributed by atoms with E-state index < -0.39 is 0 Å². The Morgan fingerprint density at radius 3 is 2.58 bits per heavy atom. The molecule has 3 aromatic rings. The number of hydrogen-bond donors (Lipinski definition) is 0. The minimum atomic E-state index is -0.381. The van der Waals surface area contributed by atoms with Crippen LogP contribution < -0.4 is 0 Å². The van der Waals surface area contributed by atoms with E-state index in [0.717, 1.165) is 11.4 Å². The van der Waals surface area contributed by atoms with E-state index in [0.29, 0.717) is 27.7 Å². The van der Waals surface area contributed by atoms with Gasteiger partial charge in [-0.25, -0.2) is 9.07 Å². The van der Waals surface area contributed by atoms with E-state index >= 15 is 0 Å². The molecule has 120 valence electrons. The molecule has 0 aliphatic carbocycles. The molecular formula is C17H14FN5S. The highest BCUT2D eigenvalue weighted by atomic mass is 32.2. The second-order valence-corrected chi connectivity index (χ2v) is 6.27. The second kappa shape index (κ2) is 6.81. The molecule has 0 saturated carbocycles. The molecular weight excluding hydrogens is 325 g/mol. The minimum absolute atomic E-state index is 0.315. The van der Waals surface area contributed by atoms with Crippen molar-refractivity contribution >= 4 is 11.8 Å². The van der Waals surface area contributed by atoms with Gasteiger partial charge >= 0.3 is 0 Å². The van der Waals surface area contributed by atoms with Crippen LogP contribution >= 0.6 is 11.8 Å². The summed E-state index contributed by atoms with van der Waals surface area (Å²) >= 11 is 1.39. The summed E-state index contributed by atoms with van der Waals surface area (Å²) in [5.74, 6) is 0.689. The van der Waals surface area contributed by atoms with Crippen LogP contribution in [0.15, 0.2) is 41.4 Å². The predicted octanol–water partition coefficient (Wildman–Crippen LogP) is 3.58. The summed E-state index contributed by atoms with van der Waals surface area (Å²) in [6.45, 7) is 3.88. The largest absolute Gasteiger partial charge is 0.218 e. The van der Waals surface area contributed by atoms with Crippen molar-refractivity contribution in [3.05, 3.63) is 64.7 Å². The highest BCUT2D eigenvalue weighted by Crippen LogP contribution is 2.23. The van der Waals surface area contributed by atoms with Crippen LogP contribution in [0.2, 0.25) is 0 Å². The van der Waals surface area contributed by atoms with Crippen LogP contribution in [0.25, 0.3) is 5.82 Å². The monoisotopic (exact) mass is 339 g/mol. The second-order valence-electron chi connectivity index (χ2n) is 5.28. The Hall–Kier alpha value is -2.72. The van der Waals surface area contributed by atoms with Gasteiger partial charge in [-0.05, 0) is 49.7 Å². The lowest BCUT2D eigenvalue weighted by atomic mass is 10.1. The third-order valence-corrected chi connectivity index (χ3v) is 4.38. The molecule has 0 spiro atoms. The van der Waals surface area contributed by atoms with Crippen LogP contribution in [0.5, 0.6) is 0 Å². The van der Waals surface area contributed by atoms with Crippen LogP contribution in [0.4, 0.5) is 4.39 Å². The molecule has 3 rings (SSSR count). The number of aromatic nitrogens is 4. The number of rotatable bonds is 4. The van der Waals surface area contributed by atoms with Gasteiger partial charge in [0.05, 0.1) is 17.3 Å². The summed E-state index contributed by atoms with van der Waals surface area (Å²) in [6, 6.07) is 12.0. The molecule has 0 bridgehead atoms. The first-order valence-corrected chi connectivity index (χ1v) is 8.24. The quantitative estimate of drug-likeness (QED) is 0.680. The summed E-state index contributed by atoms with van der Waals surface area (Å²) in [6.07, 6.45) is 0.